The van der Waals surface area contributed by atoms with Crippen LogP contribution in [0.4, 0.5) is 0 Å². The average Bonchev–Trinajstić information content (AvgIpc) is 2.23. The fraction of sp³-hybridized carbons (Fsp3) is 0.385. The summed E-state index contributed by atoms with van der Waals surface area (Å²) in [7, 11) is 0. The second kappa shape index (κ2) is 5.32. The van der Waals surface area contributed by atoms with Gasteiger partial charge in [-0.2, -0.15) is 0 Å². The van der Waals surface area contributed by atoms with Crippen molar-refractivity contribution in [1.82, 2.24) is 9.88 Å². The number of aromatic nitrogens is 1. The molecule has 4 heteroatoms. The first-order chi connectivity index (χ1) is 7.86. The second-order valence-corrected chi connectivity index (χ2v) is 5.11. The monoisotopic (exact) mass is 252 g/mol. The SMILES string of the molecule is C=CCN(C(=O)c1cccc(Cl)n1)C(C)(C)C. The quantitative estimate of drug-likeness (QED) is 0.612. The Balaban J connectivity index is 3.04. The van der Waals surface area contributed by atoms with Gasteiger partial charge in [0, 0.05) is 12.1 Å². The van der Waals surface area contributed by atoms with Gasteiger partial charge >= 0.3 is 0 Å². The summed E-state index contributed by atoms with van der Waals surface area (Å²) >= 11 is 5.78. The third-order valence-electron chi connectivity index (χ3n) is 2.30. The molecular weight excluding hydrogens is 236 g/mol. The van der Waals surface area contributed by atoms with Gasteiger partial charge in [0.25, 0.3) is 5.91 Å². The lowest BCUT2D eigenvalue weighted by molar-refractivity contribution is 0.0610. The van der Waals surface area contributed by atoms with E-state index in [1.165, 1.54) is 0 Å². The molecule has 0 fully saturated rings. The van der Waals surface area contributed by atoms with Crippen molar-refractivity contribution in [1.29, 1.82) is 0 Å². The first kappa shape index (κ1) is 13.7. The number of halogens is 1. The molecular formula is C13H17ClN2O. The molecule has 0 N–H and O–H groups in total. The summed E-state index contributed by atoms with van der Waals surface area (Å²) in [6.07, 6.45) is 1.70. The molecule has 0 saturated heterocycles. The number of nitrogens with zero attached hydrogens (tertiary/aromatic N) is 2. The average molecular weight is 253 g/mol. The predicted molar refractivity (Wildman–Crippen MR) is 70.2 cm³/mol. The molecule has 1 aromatic heterocycles. The molecule has 3 nitrogen and oxygen atoms in total. The number of hydrogen-bond donors (Lipinski definition) is 0. The molecule has 0 bridgehead atoms. The molecule has 1 heterocycles. The number of carbonyl (C=O) groups excluding carboxylic acids is 1. The highest BCUT2D eigenvalue weighted by molar-refractivity contribution is 6.29. The van der Waals surface area contributed by atoms with Gasteiger partial charge in [0.1, 0.15) is 10.8 Å². The minimum Gasteiger partial charge on any atom is -0.329 e. The predicted octanol–water partition coefficient (Wildman–Crippen LogP) is 3.16. The summed E-state index contributed by atoms with van der Waals surface area (Å²) in [5, 5.41) is 0.323. The van der Waals surface area contributed by atoms with Gasteiger partial charge < -0.3 is 4.90 Å². The second-order valence-electron chi connectivity index (χ2n) is 4.72. The van der Waals surface area contributed by atoms with Crippen molar-refractivity contribution in [2.45, 2.75) is 26.3 Å². The molecule has 0 aliphatic rings. The van der Waals surface area contributed by atoms with Crippen molar-refractivity contribution in [3.63, 3.8) is 0 Å². The summed E-state index contributed by atoms with van der Waals surface area (Å²) in [6, 6.07) is 5.03. The molecule has 17 heavy (non-hydrogen) atoms. The van der Waals surface area contributed by atoms with Crippen molar-refractivity contribution in [3.05, 3.63) is 41.7 Å². The Kier molecular flexibility index (Phi) is 4.29. The Bertz CT molecular complexity index is 424. The maximum atomic E-state index is 12.3. The van der Waals surface area contributed by atoms with E-state index in [1.54, 1.807) is 29.2 Å². The van der Waals surface area contributed by atoms with Gasteiger partial charge in [0.15, 0.2) is 0 Å². The topological polar surface area (TPSA) is 33.2 Å². The minimum absolute atomic E-state index is 0.139. The molecule has 1 aromatic rings. The van der Waals surface area contributed by atoms with Crippen molar-refractivity contribution in [3.8, 4) is 0 Å². The molecule has 0 aliphatic heterocycles. The maximum absolute atomic E-state index is 12.3. The number of hydrogen-bond acceptors (Lipinski definition) is 2. The molecule has 0 unspecified atom stereocenters. The summed E-state index contributed by atoms with van der Waals surface area (Å²) in [5.41, 5.74) is 0.0733. The molecule has 1 rings (SSSR count). The summed E-state index contributed by atoms with van der Waals surface area (Å²) in [5.74, 6) is -0.139. The Morgan fingerprint density at radius 3 is 2.65 bits per heavy atom. The summed E-state index contributed by atoms with van der Waals surface area (Å²) in [4.78, 5) is 18.0. The van der Waals surface area contributed by atoms with Gasteiger partial charge in [0.2, 0.25) is 0 Å². The number of carbonyl (C=O) groups is 1. The fourth-order valence-corrected chi connectivity index (χ4v) is 1.62. The first-order valence-electron chi connectivity index (χ1n) is 5.41. The standard InChI is InChI=1S/C13H17ClN2O/c1-5-9-16(13(2,3)4)12(17)10-7-6-8-11(14)15-10/h5-8H,1,9H2,2-4H3. The van der Waals surface area contributed by atoms with Crippen molar-refractivity contribution < 1.29 is 4.79 Å². The van der Waals surface area contributed by atoms with Gasteiger partial charge in [-0.25, -0.2) is 4.98 Å². The van der Waals surface area contributed by atoms with Crippen LogP contribution in [0, 0.1) is 0 Å². The van der Waals surface area contributed by atoms with E-state index in [0.29, 0.717) is 17.4 Å². The summed E-state index contributed by atoms with van der Waals surface area (Å²) < 4.78 is 0. The molecule has 1 amide bonds. The highest BCUT2D eigenvalue weighted by Crippen LogP contribution is 2.17. The van der Waals surface area contributed by atoms with E-state index in [9.17, 15) is 4.79 Å². The molecule has 0 aliphatic carbocycles. The van der Waals surface area contributed by atoms with Crippen LogP contribution in [0.15, 0.2) is 30.9 Å². The van der Waals surface area contributed by atoms with Gasteiger partial charge in [0.05, 0.1) is 0 Å². The third-order valence-corrected chi connectivity index (χ3v) is 2.51. The van der Waals surface area contributed by atoms with Gasteiger partial charge in [-0.3, -0.25) is 4.79 Å². The largest absolute Gasteiger partial charge is 0.329 e. The fourth-order valence-electron chi connectivity index (χ4n) is 1.46. The van der Waals surface area contributed by atoms with Crippen molar-refractivity contribution in [2.75, 3.05) is 6.54 Å². The Hall–Kier alpha value is -1.35. The molecule has 0 radical (unpaired) electrons. The third kappa shape index (κ3) is 3.56. The normalized spacial score (nSPS) is 11.1. The summed E-state index contributed by atoms with van der Waals surface area (Å²) in [6.45, 7) is 10.1. The number of pyridine rings is 1. The number of rotatable bonds is 3. The molecule has 0 aromatic carbocycles. The highest BCUT2D eigenvalue weighted by Gasteiger charge is 2.26. The van der Waals surface area contributed by atoms with Crippen LogP contribution in [-0.2, 0) is 0 Å². The molecule has 0 saturated carbocycles. The van der Waals surface area contributed by atoms with Gasteiger partial charge in [-0.15, -0.1) is 6.58 Å². The van der Waals surface area contributed by atoms with E-state index in [0.717, 1.165) is 0 Å². The Morgan fingerprint density at radius 2 is 2.18 bits per heavy atom. The van der Waals surface area contributed by atoms with E-state index in [4.69, 9.17) is 11.6 Å². The Morgan fingerprint density at radius 1 is 1.53 bits per heavy atom. The first-order valence-corrected chi connectivity index (χ1v) is 5.79. The zero-order valence-corrected chi connectivity index (χ0v) is 11.2. The van der Waals surface area contributed by atoms with E-state index < -0.39 is 0 Å². The van der Waals surface area contributed by atoms with Crippen LogP contribution >= 0.6 is 11.6 Å². The maximum Gasteiger partial charge on any atom is 0.273 e. The van der Waals surface area contributed by atoms with E-state index in [-0.39, 0.29) is 11.4 Å². The van der Waals surface area contributed by atoms with E-state index >= 15 is 0 Å². The zero-order valence-electron chi connectivity index (χ0n) is 10.4. The van der Waals surface area contributed by atoms with Crippen LogP contribution in [0.2, 0.25) is 5.15 Å². The zero-order chi connectivity index (χ0) is 13.1. The van der Waals surface area contributed by atoms with Crippen LogP contribution in [-0.4, -0.2) is 27.9 Å². The lowest BCUT2D eigenvalue weighted by Crippen LogP contribution is -2.45. The van der Waals surface area contributed by atoms with Gasteiger partial charge in [-0.05, 0) is 32.9 Å². The van der Waals surface area contributed by atoms with Crippen LogP contribution in [0.1, 0.15) is 31.3 Å². The minimum atomic E-state index is -0.282. The van der Waals surface area contributed by atoms with Crippen LogP contribution in [0.5, 0.6) is 0 Å². The molecule has 92 valence electrons. The number of amides is 1. The van der Waals surface area contributed by atoms with Gasteiger partial charge in [-0.1, -0.05) is 23.7 Å². The van der Waals surface area contributed by atoms with Crippen molar-refractivity contribution >= 4 is 17.5 Å². The van der Waals surface area contributed by atoms with Crippen molar-refractivity contribution in [2.24, 2.45) is 0 Å². The van der Waals surface area contributed by atoms with Crippen LogP contribution in [0.3, 0.4) is 0 Å². The van der Waals surface area contributed by atoms with Crippen LogP contribution in [0.25, 0.3) is 0 Å². The van der Waals surface area contributed by atoms with E-state index in [1.807, 2.05) is 20.8 Å². The molecule has 0 atom stereocenters. The van der Waals surface area contributed by atoms with Crippen LogP contribution < -0.4 is 0 Å². The Labute approximate surface area is 107 Å². The molecule has 0 spiro atoms. The van der Waals surface area contributed by atoms with E-state index in [2.05, 4.69) is 11.6 Å². The highest BCUT2D eigenvalue weighted by atomic mass is 35.5. The lowest BCUT2D eigenvalue weighted by atomic mass is 10.1. The lowest BCUT2D eigenvalue weighted by Gasteiger charge is -2.34. The smallest absolute Gasteiger partial charge is 0.273 e.